The van der Waals surface area contributed by atoms with Crippen LogP contribution in [0.4, 0.5) is 4.79 Å². The van der Waals surface area contributed by atoms with Crippen LogP contribution in [0, 0.1) is 0 Å². The molecule has 1 rings (SSSR count). The minimum absolute atomic E-state index is 0.366. The summed E-state index contributed by atoms with van der Waals surface area (Å²) in [6.07, 6.45) is 4.76. The number of aromatic nitrogens is 2. The summed E-state index contributed by atoms with van der Waals surface area (Å²) in [5.74, 6) is 0. The number of ether oxygens (including phenoxy) is 2. The van der Waals surface area contributed by atoms with Crippen molar-refractivity contribution in [1.29, 1.82) is 0 Å². The molecule has 0 radical (unpaired) electrons. The molecular formula is C8H12N2O3. The van der Waals surface area contributed by atoms with Gasteiger partial charge < -0.3 is 9.47 Å². The number of carbonyl (C=O) groups is 1. The zero-order valence-corrected chi connectivity index (χ0v) is 7.47. The second-order valence-corrected chi connectivity index (χ2v) is 2.43. The maximum absolute atomic E-state index is 11.1. The lowest BCUT2D eigenvalue weighted by atomic mass is 10.5. The van der Waals surface area contributed by atoms with Gasteiger partial charge in [-0.25, -0.2) is 14.3 Å². The lowest BCUT2D eigenvalue weighted by molar-refractivity contribution is 0.125. The van der Waals surface area contributed by atoms with Crippen LogP contribution in [0.25, 0.3) is 0 Å². The van der Waals surface area contributed by atoms with E-state index in [-0.39, 0.29) is 0 Å². The number of carbonyl (C=O) groups excluding carboxylic acids is 1. The molecule has 0 aliphatic carbocycles. The van der Waals surface area contributed by atoms with Gasteiger partial charge in [0, 0.05) is 32.5 Å². The van der Waals surface area contributed by atoms with E-state index in [4.69, 9.17) is 9.47 Å². The predicted octanol–water partition coefficient (Wildman–Crippen LogP) is 0.904. The molecule has 72 valence electrons. The van der Waals surface area contributed by atoms with Gasteiger partial charge in [-0.05, 0) is 0 Å². The lowest BCUT2D eigenvalue weighted by Crippen LogP contribution is -2.13. The molecular weight excluding hydrogens is 172 g/mol. The predicted molar refractivity (Wildman–Crippen MR) is 45.5 cm³/mol. The van der Waals surface area contributed by atoms with Crippen LogP contribution in [0.2, 0.25) is 0 Å². The minimum Gasteiger partial charge on any atom is -0.449 e. The number of imidazole rings is 1. The van der Waals surface area contributed by atoms with E-state index in [0.717, 1.165) is 0 Å². The molecule has 13 heavy (non-hydrogen) atoms. The first-order valence-corrected chi connectivity index (χ1v) is 3.98. The van der Waals surface area contributed by atoms with Crippen molar-refractivity contribution in [3.8, 4) is 0 Å². The van der Waals surface area contributed by atoms with E-state index in [1.807, 2.05) is 0 Å². The van der Waals surface area contributed by atoms with Gasteiger partial charge in [-0.2, -0.15) is 0 Å². The number of hydrogen-bond acceptors (Lipinski definition) is 4. The van der Waals surface area contributed by atoms with Crippen LogP contribution >= 0.6 is 0 Å². The standard InChI is InChI=1S/C8H12N2O3/c1-12-5-2-6-13-8(11)10-4-3-9-7-10/h3-4,7H,2,5-6H2,1H3. The highest BCUT2D eigenvalue weighted by Gasteiger charge is 2.02. The van der Waals surface area contributed by atoms with Gasteiger partial charge in [0.2, 0.25) is 0 Å². The van der Waals surface area contributed by atoms with Gasteiger partial charge in [-0.1, -0.05) is 0 Å². The largest absolute Gasteiger partial charge is 0.449 e. The van der Waals surface area contributed by atoms with Crippen molar-refractivity contribution in [2.75, 3.05) is 20.3 Å². The third kappa shape index (κ3) is 3.25. The third-order valence-corrected chi connectivity index (χ3v) is 1.43. The molecule has 0 amide bonds. The molecule has 0 bridgehead atoms. The van der Waals surface area contributed by atoms with Crippen molar-refractivity contribution in [2.24, 2.45) is 0 Å². The number of nitrogens with zero attached hydrogens (tertiary/aromatic N) is 2. The fraction of sp³-hybridized carbons (Fsp3) is 0.500. The molecule has 0 fully saturated rings. The maximum atomic E-state index is 11.1. The summed E-state index contributed by atoms with van der Waals surface area (Å²) in [6, 6.07) is 0. The molecule has 5 nitrogen and oxygen atoms in total. The second-order valence-electron chi connectivity index (χ2n) is 2.43. The molecule has 0 atom stereocenters. The van der Waals surface area contributed by atoms with Gasteiger partial charge in [0.15, 0.2) is 0 Å². The Bertz CT molecular complexity index is 246. The Hall–Kier alpha value is -1.36. The highest BCUT2D eigenvalue weighted by Crippen LogP contribution is 1.91. The van der Waals surface area contributed by atoms with Crippen molar-refractivity contribution in [3.63, 3.8) is 0 Å². The minimum atomic E-state index is -0.409. The summed E-state index contributed by atoms with van der Waals surface area (Å²) in [7, 11) is 1.61. The Balaban J connectivity index is 2.19. The van der Waals surface area contributed by atoms with Crippen LogP contribution < -0.4 is 0 Å². The second kappa shape index (κ2) is 5.31. The molecule has 0 unspecified atom stereocenters. The molecule has 0 aliphatic heterocycles. The van der Waals surface area contributed by atoms with E-state index in [2.05, 4.69) is 4.98 Å². The van der Waals surface area contributed by atoms with Gasteiger partial charge in [0.05, 0.1) is 6.61 Å². The van der Waals surface area contributed by atoms with E-state index in [1.54, 1.807) is 13.3 Å². The van der Waals surface area contributed by atoms with E-state index < -0.39 is 6.09 Å². The summed E-state index contributed by atoms with van der Waals surface area (Å²) in [5.41, 5.74) is 0. The van der Waals surface area contributed by atoms with Gasteiger partial charge in [0.25, 0.3) is 0 Å². The molecule has 0 N–H and O–H groups in total. The van der Waals surface area contributed by atoms with Crippen LogP contribution in [0.1, 0.15) is 6.42 Å². The first kappa shape index (κ1) is 9.73. The molecule has 0 saturated carbocycles. The lowest BCUT2D eigenvalue weighted by Gasteiger charge is -2.03. The molecule has 5 heteroatoms. The summed E-state index contributed by atoms with van der Waals surface area (Å²) in [5, 5.41) is 0. The Labute approximate surface area is 76.3 Å². The van der Waals surface area contributed by atoms with Crippen molar-refractivity contribution >= 4 is 6.09 Å². The van der Waals surface area contributed by atoms with Crippen LogP contribution in [-0.4, -0.2) is 36.0 Å². The highest BCUT2D eigenvalue weighted by molar-refractivity contribution is 5.69. The Morgan fingerprint density at radius 3 is 3.00 bits per heavy atom. The molecule has 1 aromatic rings. The summed E-state index contributed by atoms with van der Waals surface area (Å²) in [6.45, 7) is 0.960. The van der Waals surface area contributed by atoms with Crippen molar-refractivity contribution in [1.82, 2.24) is 9.55 Å². The van der Waals surface area contributed by atoms with Crippen LogP contribution in [-0.2, 0) is 9.47 Å². The van der Waals surface area contributed by atoms with E-state index in [1.165, 1.54) is 17.1 Å². The van der Waals surface area contributed by atoms with Gasteiger partial charge in [0.1, 0.15) is 6.33 Å². The first-order valence-electron chi connectivity index (χ1n) is 3.98. The quantitative estimate of drug-likeness (QED) is 0.652. The van der Waals surface area contributed by atoms with E-state index in [0.29, 0.717) is 19.6 Å². The van der Waals surface area contributed by atoms with Crippen LogP contribution in [0.5, 0.6) is 0 Å². The SMILES string of the molecule is COCCCOC(=O)n1ccnc1. The smallest absolute Gasteiger partial charge is 0.419 e. The van der Waals surface area contributed by atoms with Crippen LogP contribution in [0.3, 0.4) is 0 Å². The number of rotatable bonds is 4. The van der Waals surface area contributed by atoms with Crippen molar-refractivity contribution in [3.05, 3.63) is 18.7 Å². The molecule has 1 heterocycles. The maximum Gasteiger partial charge on any atom is 0.419 e. The monoisotopic (exact) mass is 184 g/mol. The molecule has 0 aliphatic rings. The third-order valence-electron chi connectivity index (χ3n) is 1.43. The first-order chi connectivity index (χ1) is 6.34. The van der Waals surface area contributed by atoms with Crippen molar-refractivity contribution < 1.29 is 14.3 Å². The number of methoxy groups -OCH3 is 1. The van der Waals surface area contributed by atoms with E-state index in [9.17, 15) is 4.79 Å². The summed E-state index contributed by atoms with van der Waals surface area (Å²) >= 11 is 0. The Kier molecular flexibility index (Phi) is 3.98. The van der Waals surface area contributed by atoms with Gasteiger partial charge in [-0.15, -0.1) is 0 Å². The zero-order chi connectivity index (χ0) is 9.52. The summed E-state index contributed by atoms with van der Waals surface area (Å²) < 4.78 is 11.0. The average Bonchev–Trinajstić information content (AvgIpc) is 2.65. The van der Waals surface area contributed by atoms with Gasteiger partial charge >= 0.3 is 6.09 Å². The van der Waals surface area contributed by atoms with Gasteiger partial charge in [-0.3, -0.25) is 0 Å². The zero-order valence-electron chi connectivity index (χ0n) is 7.47. The molecule has 0 spiro atoms. The van der Waals surface area contributed by atoms with E-state index >= 15 is 0 Å². The molecule has 0 saturated heterocycles. The fourth-order valence-electron chi connectivity index (χ4n) is 0.804. The molecule has 1 aromatic heterocycles. The molecule has 0 aromatic carbocycles. The topological polar surface area (TPSA) is 53.4 Å². The fourth-order valence-corrected chi connectivity index (χ4v) is 0.804. The Morgan fingerprint density at radius 1 is 1.54 bits per heavy atom. The Morgan fingerprint density at radius 2 is 2.38 bits per heavy atom. The normalized spacial score (nSPS) is 9.92. The highest BCUT2D eigenvalue weighted by atomic mass is 16.5. The van der Waals surface area contributed by atoms with Crippen LogP contribution in [0.15, 0.2) is 18.7 Å². The van der Waals surface area contributed by atoms with Crippen molar-refractivity contribution in [2.45, 2.75) is 6.42 Å². The number of hydrogen-bond donors (Lipinski definition) is 0. The average molecular weight is 184 g/mol. The summed E-state index contributed by atoms with van der Waals surface area (Å²) in [4.78, 5) is 14.9.